The van der Waals surface area contributed by atoms with E-state index in [9.17, 15) is 13.2 Å². The summed E-state index contributed by atoms with van der Waals surface area (Å²) < 4.78 is 38.1. The minimum atomic E-state index is -3.69. The van der Waals surface area contributed by atoms with Crippen LogP contribution in [0, 0.1) is 13.8 Å². The van der Waals surface area contributed by atoms with Gasteiger partial charge in [-0.2, -0.15) is 0 Å². The molecule has 0 spiro atoms. The Hall–Kier alpha value is -3.10. The number of carbonyl (C=O) groups is 1. The monoisotopic (exact) mass is 428 g/mol. The molecule has 0 saturated heterocycles. The van der Waals surface area contributed by atoms with Gasteiger partial charge in [-0.15, -0.1) is 0 Å². The number of rotatable bonds is 8. The number of sulfonamides is 1. The van der Waals surface area contributed by atoms with Crippen molar-refractivity contribution in [1.82, 2.24) is 4.72 Å². The van der Waals surface area contributed by atoms with Crippen LogP contribution in [0.25, 0.3) is 0 Å². The lowest BCUT2D eigenvalue weighted by Crippen LogP contribution is -2.30. The molecule has 3 aromatic rings. The van der Waals surface area contributed by atoms with Crippen molar-refractivity contribution in [3.05, 3.63) is 77.7 Å². The van der Waals surface area contributed by atoms with E-state index in [-0.39, 0.29) is 17.3 Å². The Morgan fingerprint density at radius 3 is 2.50 bits per heavy atom. The van der Waals surface area contributed by atoms with Gasteiger partial charge in [0, 0.05) is 5.69 Å². The molecule has 0 radical (unpaired) electrons. The Bertz CT molecular complexity index is 1110. The number of furan rings is 1. The maximum atomic E-state index is 12.5. The molecule has 2 aromatic carbocycles. The van der Waals surface area contributed by atoms with E-state index in [0.717, 1.165) is 11.1 Å². The summed E-state index contributed by atoms with van der Waals surface area (Å²) in [6.45, 7) is 5.59. The average Bonchev–Trinajstić information content (AvgIpc) is 3.23. The molecular weight excluding hydrogens is 404 g/mol. The minimum absolute atomic E-state index is 0.0566. The highest BCUT2D eigenvalue weighted by Crippen LogP contribution is 2.21. The van der Waals surface area contributed by atoms with Crippen LogP contribution in [0.5, 0.6) is 5.75 Å². The maximum Gasteiger partial charge on any atom is 0.265 e. The normalized spacial score (nSPS) is 12.4. The van der Waals surface area contributed by atoms with Gasteiger partial charge in [0.15, 0.2) is 6.10 Å². The number of ether oxygens (including phenoxy) is 1. The third-order valence-electron chi connectivity index (χ3n) is 4.47. The first-order valence-electron chi connectivity index (χ1n) is 9.41. The molecule has 1 aromatic heterocycles. The molecule has 0 aliphatic carbocycles. The van der Waals surface area contributed by atoms with Crippen LogP contribution in [-0.4, -0.2) is 20.4 Å². The van der Waals surface area contributed by atoms with Gasteiger partial charge >= 0.3 is 0 Å². The molecular formula is C22H24N2O5S. The molecule has 30 heavy (non-hydrogen) atoms. The van der Waals surface area contributed by atoms with Crippen LogP contribution in [-0.2, 0) is 21.4 Å². The molecule has 0 aliphatic heterocycles. The predicted octanol–water partition coefficient (Wildman–Crippen LogP) is 3.78. The van der Waals surface area contributed by atoms with Crippen molar-refractivity contribution < 1.29 is 22.4 Å². The zero-order valence-electron chi connectivity index (χ0n) is 17.0. The Labute approximate surface area is 176 Å². The van der Waals surface area contributed by atoms with E-state index in [1.54, 1.807) is 19.1 Å². The number of benzene rings is 2. The first-order chi connectivity index (χ1) is 14.2. The molecule has 7 nitrogen and oxygen atoms in total. The summed E-state index contributed by atoms with van der Waals surface area (Å²) in [5, 5.41) is 2.73. The molecule has 1 heterocycles. The molecule has 0 fully saturated rings. The summed E-state index contributed by atoms with van der Waals surface area (Å²) in [6, 6.07) is 15.1. The molecule has 1 atom stereocenters. The number of carbonyl (C=O) groups excluding carboxylic acids is 1. The molecule has 1 unspecified atom stereocenters. The van der Waals surface area contributed by atoms with Gasteiger partial charge in [0.05, 0.1) is 17.7 Å². The lowest BCUT2D eigenvalue weighted by atomic mass is 10.1. The summed E-state index contributed by atoms with van der Waals surface area (Å²) in [5.74, 6) is 0.837. The Morgan fingerprint density at radius 1 is 1.10 bits per heavy atom. The first-order valence-corrected chi connectivity index (χ1v) is 10.9. The predicted molar refractivity (Wildman–Crippen MR) is 114 cm³/mol. The van der Waals surface area contributed by atoms with E-state index in [1.807, 2.05) is 32.0 Å². The lowest BCUT2D eigenvalue weighted by Gasteiger charge is -2.17. The quantitative estimate of drug-likeness (QED) is 0.569. The molecule has 3 rings (SSSR count). The van der Waals surface area contributed by atoms with Crippen molar-refractivity contribution in [1.29, 1.82) is 0 Å². The van der Waals surface area contributed by atoms with Gasteiger partial charge in [-0.3, -0.25) is 4.79 Å². The van der Waals surface area contributed by atoms with E-state index >= 15 is 0 Å². The zero-order valence-corrected chi connectivity index (χ0v) is 17.8. The van der Waals surface area contributed by atoms with E-state index in [2.05, 4.69) is 10.0 Å². The summed E-state index contributed by atoms with van der Waals surface area (Å²) >= 11 is 0. The fraction of sp³-hybridized carbons (Fsp3) is 0.227. The Kier molecular flexibility index (Phi) is 6.59. The number of aryl methyl sites for hydroxylation is 2. The van der Waals surface area contributed by atoms with E-state index in [4.69, 9.17) is 9.15 Å². The Balaban J connectivity index is 1.60. The molecule has 158 valence electrons. The molecule has 2 N–H and O–H groups in total. The van der Waals surface area contributed by atoms with E-state index < -0.39 is 16.1 Å². The highest BCUT2D eigenvalue weighted by Gasteiger charge is 2.18. The number of amides is 1. The average molecular weight is 429 g/mol. The minimum Gasteiger partial charge on any atom is -0.481 e. The Morgan fingerprint density at radius 2 is 1.83 bits per heavy atom. The van der Waals surface area contributed by atoms with Crippen molar-refractivity contribution in [2.45, 2.75) is 38.3 Å². The fourth-order valence-corrected chi connectivity index (χ4v) is 3.70. The number of hydrogen-bond acceptors (Lipinski definition) is 5. The standard InChI is InChI=1S/C22H24N2O5S/c1-15-6-7-16(2)21(13-15)29-17(3)22(25)24-18-8-10-20(11-9-18)30(26,27)23-14-19-5-4-12-28-19/h4-13,17,23H,14H2,1-3H3,(H,24,25). The highest BCUT2D eigenvalue weighted by molar-refractivity contribution is 7.89. The number of nitrogens with one attached hydrogen (secondary N) is 2. The largest absolute Gasteiger partial charge is 0.481 e. The van der Waals surface area contributed by atoms with Gasteiger partial charge in [-0.05, 0) is 74.4 Å². The summed E-state index contributed by atoms with van der Waals surface area (Å²) in [6.07, 6.45) is 0.760. The number of hydrogen-bond donors (Lipinski definition) is 2. The van der Waals surface area contributed by atoms with Gasteiger partial charge < -0.3 is 14.5 Å². The molecule has 0 bridgehead atoms. The first kappa shape index (κ1) is 21.6. The van der Waals surface area contributed by atoms with Crippen molar-refractivity contribution >= 4 is 21.6 Å². The van der Waals surface area contributed by atoms with Crippen LogP contribution in [0.1, 0.15) is 23.8 Å². The maximum absolute atomic E-state index is 12.5. The van der Waals surface area contributed by atoms with Crippen LogP contribution < -0.4 is 14.8 Å². The lowest BCUT2D eigenvalue weighted by molar-refractivity contribution is -0.122. The second kappa shape index (κ2) is 9.15. The highest BCUT2D eigenvalue weighted by atomic mass is 32.2. The molecule has 1 amide bonds. The van der Waals surface area contributed by atoms with Crippen molar-refractivity contribution in [3.63, 3.8) is 0 Å². The zero-order chi connectivity index (χ0) is 21.7. The van der Waals surface area contributed by atoms with Gasteiger partial charge in [0.2, 0.25) is 10.0 Å². The van der Waals surface area contributed by atoms with Crippen LogP contribution in [0.4, 0.5) is 5.69 Å². The van der Waals surface area contributed by atoms with Crippen molar-refractivity contribution in [2.75, 3.05) is 5.32 Å². The van der Waals surface area contributed by atoms with Gasteiger partial charge in [-0.1, -0.05) is 12.1 Å². The van der Waals surface area contributed by atoms with Crippen LogP contribution in [0.15, 0.2) is 70.2 Å². The SMILES string of the molecule is Cc1ccc(C)c(OC(C)C(=O)Nc2ccc(S(=O)(=O)NCc3ccco3)cc2)c1. The van der Waals surface area contributed by atoms with E-state index in [1.165, 1.54) is 30.5 Å². The van der Waals surface area contributed by atoms with Gasteiger partial charge in [0.25, 0.3) is 5.91 Å². The molecule has 0 aliphatic rings. The third-order valence-corrected chi connectivity index (χ3v) is 5.88. The number of anilines is 1. The van der Waals surface area contributed by atoms with Gasteiger partial charge in [0.1, 0.15) is 11.5 Å². The molecule has 0 saturated carbocycles. The second-order valence-corrected chi connectivity index (χ2v) is 8.71. The van der Waals surface area contributed by atoms with Crippen molar-refractivity contribution in [2.24, 2.45) is 0 Å². The van der Waals surface area contributed by atoms with Crippen LogP contribution in [0.2, 0.25) is 0 Å². The summed E-state index contributed by atoms with van der Waals surface area (Å²) in [7, 11) is -3.69. The smallest absolute Gasteiger partial charge is 0.265 e. The van der Waals surface area contributed by atoms with Gasteiger partial charge in [-0.25, -0.2) is 13.1 Å². The summed E-state index contributed by atoms with van der Waals surface area (Å²) in [4.78, 5) is 12.5. The van der Waals surface area contributed by atoms with Crippen LogP contribution in [0.3, 0.4) is 0 Å². The second-order valence-electron chi connectivity index (χ2n) is 6.95. The van der Waals surface area contributed by atoms with Crippen molar-refractivity contribution in [3.8, 4) is 5.75 Å². The summed E-state index contributed by atoms with van der Waals surface area (Å²) in [5.41, 5.74) is 2.46. The third kappa shape index (κ3) is 5.49. The topological polar surface area (TPSA) is 97.6 Å². The van der Waals surface area contributed by atoms with E-state index in [0.29, 0.717) is 17.2 Å². The fourth-order valence-electron chi connectivity index (χ4n) is 2.70. The molecule has 8 heteroatoms. The van der Waals surface area contributed by atoms with Crippen LogP contribution >= 0.6 is 0 Å².